The summed E-state index contributed by atoms with van der Waals surface area (Å²) in [6.07, 6.45) is 2.28. The molecule has 1 N–H and O–H groups in total. The molecule has 0 aliphatic carbocycles. The number of nitrogens with zero attached hydrogens (tertiary/aromatic N) is 5. The van der Waals surface area contributed by atoms with Gasteiger partial charge in [0.05, 0.1) is 24.9 Å². The number of likely N-dealkylation sites (tertiary alicyclic amines) is 1. The van der Waals surface area contributed by atoms with Gasteiger partial charge in [0.25, 0.3) is 5.91 Å². The highest BCUT2D eigenvalue weighted by Gasteiger charge is 2.37. The molecule has 2 atom stereocenters. The number of rotatable bonds is 2. The van der Waals surface area contributed by atoms with Crippen LogP contribution in [0.25, 0.3) is 0 Å². The van der Waals surface area contributed by atoms with E-state index in [1.807, 2.05) is 10.9 Å². The first kappa shape index (κ1) is 25.0. The van der Waals surface area contributed by atoms with Crippen LogP contribution in [0.5, 0.6) is 11.5 Å². The predicted molar refractivity (Wildman–Crippen MR) is 130 cm³/mol. The van der Waals surface area contributed by atoms with E-state index >= 15 is 0 Å². The van der Waals surface area contributed by atoms with Gasteiger partial charge in [-0.15, -0.1) is 5.10 Å². The molecule has 1 aromatic carbocycles. The molecule has 0 radical (unpaired) electrons. The van der Waals surface area contributed by atoms with Gasteiger partial charge in [0, 0.05) is 52.1 Å². The summed E-state index contributed by atoms with van der Waals surface area (Å²) in [4.78, 5) is 30.0. The molecule has 2 aliphatic heterocycles. The molecule has 35 heavy (non-hydrogen) atoms. The molecule has 0 spiro atoms. The Labute approximate surface area is 206 Å². The van der Waals surface area contributed by atoms with Crippen molar-refractivity contribution in [1.29, 1.82) is 0 Å². The summed E-state index contributed by atoms with van der Waals surface area (Å²) >= 11 is 0. The molecule has 3 heterocycles. The molecule has 1 aromatic heterocycles. The summed E-state index contributed by atoms with van der Waals surface area (Å²) in [6, 6.07) is 5.27. The lowest BCUT2D eigenvalue weighted by Crippen LogP contribution is -2.37. The molecule has 0 unspecified atom stereocenters. The largest absolute Gasteiger partial charge is 0.493 e. The Kier molecular flexibility index (Phi) is 7.30. The number of carbonyl (C=O) groups is 2. The van der Waals surface area contributed by atoms with Gasteiger partial charge in [-0.25, -0.2) is 4.68 Å². The molecule has 1 fully saturated rings. The first-order valence-electron chi connectivity index (χ1n) is 12.1. The number of para-hydroxylation sites is 1. The van der Waals surface area contributed by atoms with Gasteiger partial charge in [-0.3, -0.25) is 9.59 Å². The van der Waals surface area contributed by atoms with Gasteiger partial charge in [-0.2, -0.15) is 0 Å². The summed E-state index contributed by atoms with van der Waals surface area (Å²) in [5.41, 5.74) is 1.19. The first-order valence-corrected chi connectivity index (χ1v) is 12.1. The van der Waals surface area contributed by atoms with E-state index in [-0.39, 0.29) is 35.8 Å². The molecular formula is C25H36N6O4. The first-order chi connectivity index (χ1) is 16.6. The van der Waals surface area contributed by atoms with Crippen molar-refractivity contribution in [2.45, 2.75) is 39.8 Å². The highest BCUT2D eigenvalue weighted by Crippen LogP contribution is 2.34. The zero-order valence-corrected chi connectivity index (χ0v) is 21.3. The zero-order chi connectivity index (χ0) is 25.2. The summed E-state index contributed by atoms with van der Waals surface area (Å²) in [7, 11) is 3.26. The predicted octanol–water partition coefficient (Wildman–Crippen LogP) is 1.98. The highest BCUT2D eigenvalue weighted by atomic mass is 16.5. The summed E-state index contributed by atoms with van der Waals surface area (Å²) in [5, 5.41) is 11.7. The lowest BCUT2D eigenvalue weighted by molar-refractivity contribution is -0.122. The Hall–Kier alpha value is -3.14. The molecule has 4 rings (SSSR count). The number of likely N-dealkylation sites (N-methyl/N-ethyl adjacent to an activating group) is 1. The molecule has 10 heteroatoms. The van der Waals surface area contributed by atoms with E-state index in [1.54, 1.807) is 37.3 Å². The molecule has 2 bridgehead atoms. The molecule has 1 saturated heterocycles. The lowest BCUT2D eigenvalue weighted by Gasteiger charge is -2.26. The van der Waals surface area contributed by atoms with Crippen molar-refractivity contribution in [3.05, 3.63) is 35.7 Å². The minimum atomic E-state index is -0.211. The fraction of sp³-hybridized carbons (Fsp3) is 0.600. The quantitative estimate of drug-likeness (QED) is 0.695. The van der Waals surface area contributed by atoms with Gasteiger partial charge in [0.2, 0.25) is 5.91 Å². The second-order valence-electron chi connectivity index (χ2n) is 10.7. The van der Waals surface area contributed by atoms with E-state index in [4.69, 9.17) is 9.47 Å². The standard InChI is InChI=1S/C25H36N6O4/c1-25(2,3)16-30-12-17-11-22(32)26-9-10-29(4)24(33)19-7-6-8-21(34-5)23(19)35-15-18-13-31(28-27-18)20(17)14-30/h6-8,13,17,20H,9-12,14-16H2,1-5H3,(H,26,32)/t17-,20+/m0/s1. The van der Waals surface area contributed by atoms with Crippen LogP contribution in [-0.2, 0) is 11.4 Å². The minimum Gasteiger partial charge on any atom is -0.493 e. The van der Waals surface area contributed by atoms with E-state index in [0.29, 0.717) is 42.3 Å². The van der Waals surface area contributed by atoms with Crippen molar-refractivity contribution in [3.8, 4) is 11.5 Å². The van der Waals surface area contributed by atoms with Gasteiger partial charge in [0.1, 0.15) is 12.3 Å². The fourth-order valence-electron chi connectivity index (χ4n) is 4.90. The van der Waals surface area contributed by atoms with Gasteiger partial charge >= 0.3 is 0 Å². The minimum absolute atomic E-state index is 0.0173. The number of hydrogen-bond donors (Lipinski definition) is 1. The Morgan fingerprint density at radius 1 is 1.23 bits per heavy atom. The number of hydrogen-bond acceptors (Lipinski definition) is 7. The molecule has 10 nitrogen and oxygen atoms in total. The summed E-state index contributed by atoms with van der Waals surface area (Å²) in [6.45, 7) is 10.1. The molecule has 2 aromatic rings. The van der Waals surface area contributed by atoms with Crippen LogP contribution in [0.2, 0.25) is 0 Å². The zero-order valence-electron chi connectivity index (χ0n) is 21.3. The van der Waals surface area contributed by atoms with E-state index in [0.717, 1.165) is 19.6 Å². The number of carbonyl (C=O) groups excluding carboxylic acids is 2. The van der Waals surface area contributed by atoms with E-state index in [1.165, 1.54) is 0 Å². The maximum Gasteiger partial charge on any atom is 0.257 e. The number of fused-ring (bicyclic) bond motifs is 5. The topological polar surface area (TPSA) is 102 Å². The Bertz CT molecular complexity index is 1060. The average Bonchev–Trinajstić information content (AvgIpc) is 3.41. The third-order valence-corrected chi connectivity index (χ3v) is 6.43. The molecule has 2 amide bonds. The van der Waals surface area contributed by atoms with Gasteiger partial charge in [0.15, 0.2) is 11.5 Å². The molecule has 0 saturated carbocycles. The fourth-order valence-corrected chi connectivity index (χ4v) is 4.90. The summed E-state index contributed by atoms with van der Waals surface area (Å²) in [5.74, 6) is 0.724. The number of nitrogens with one attached hydrogen (secondary N) is 1. The number of benzene rings is 1. The van der Waals surface area contributed by atoms with Crippen LogP contribution in [0.1, 0.15) is 49.3 Å². The van der Waals surface area contributed by atoms with Crippen LogP contribution in [0.3, 0.4) is 0 Å². The van der Waals surface area contributed by atoms with Gasteiger partial charge < -0.3 is 24.6 Å². The van der Waals surface area contributed by atoms with Crippen molar-refractivity contribution >= 4 is 11.8 Å². The van der Waals surface area contributed by atoms with E-state index in [2.05, 4.69) is 41.3 Å². The number of methoxy groups -OCH3 is 1. The monoisotopic (exact) mass is 484 g/mol. The molecular weight excluding hydrogens is 448 g/mol. The van der Waals surface area contributed by atoms with Crippen LogP contribution in [0, 0.1) is 11.3 Å². The Morgan fingerprint density at radius 3 is 2.77 bits per heavy atom. The molecule has 2 aliphatic rings. The van der Waals surface area contributed by atoms with Crippen molar-refractivity contribution < 1.29 is 19.1 Å². The maximum absolute atomic E-state index is 13.1. The lowest BCUT2D eigenvalue weighted by atomic mass is 9.96. The van der Waals surface area contributed by atoms with Crippen LogP contribution in [0.15, 0.2) is 24.4 Å². The van der Waals surface area contributed by atoms with Crippen LogP contribution < -0.4 is 14.8 Å². The normalized spacial score (nSPS) is 22.3. The molecule has 190 valence electrons. The van der Waals surface area contributed by atoms with Crippen LogP contribution in [0.4, 0.5) is 0 Å². The second-order valence-corrected chi connectivity index (χ2v) is 10.7. The van der Waals surface area contributed by atoms with Crippen molar-refractivity contribution in [2.24, 2.45) is 11.3 Å². The Morgan fingerprint density at radius 2 is 2.03 bits per heavy atom. The SMILES string of the molecule is COc1cccc2c1OCc1cn(nn1)[C@@H]1CN(CC(C)(C)C)C[C@@H]1CC(=O)NCCN(C)C2=O. The van der Waals surface area contributed by atoms with Gasteiger partial charge in [-0.1, -0.05) is 32.1 Å². The van der Waals surface area contributed by atoms with E-state index < -0.39 is 0 Å². The van der Waals surface area contributed by atoms with Gasteiger partial charge in [-0.05, 0) is 17.5 Å². The van der Waals surface area contributed by atoms with Crippen LogP contribution in [-0.4, -0.2) is 83.5 Å². The third-order valence-electron chi connectivity index (χ3n) is 6.43. The average molecular weight is 485 g/mol. The second kappa shape index (κ2) is 10.2. The van der Waals surface area contributed by atoms with Crippen LogP contribution >= 0.6 is 0 Å². The number of amides is 2. The summed E-state index contributed by atoms with van der Waals surface area (Å²) < 4.78 is 13.4. The number of ether oxygens (including phenoxy) is 2. The Balaban J connectivity index is 1.63. The smallest absolute Gasteiger partial charge is 0.257 e. The van der Waals surface area contributed by atoms with Crippen molar-refractivity contribution in [2.75, 3.05) is 46.9 Å². The number of aromatic nitrogens is 3. The maximum atomic E-state index is 13.1. The van der Waals surface area contributed by atoms with Crippen molar-refractivity contribution in [1.82, 2.24) is 30.1 Å². The van der Waals surface area contributed by atoms with Crippen molar-refractivity contribution in [3.63, 3.8) is 0 Å². The highest BCUT2D eigenvalue weighted by molar-refractivity contribution is 5.97. The van der Waals surface area contributed by atoms with E-state index in [9.17, 15) is 9.59 Å². The third kappa shape index (κ3) is 5.93.